The molecule has 8 heteroatoms. The van der Waals surface area contributed by atoms with Crippen LogP contribution in [0.4, 0.5) is 14.5 Å². The molecule has 5 nitrogen and oxygen atoms in total. The van der Waals surface area contributed by atoms with Gasteiger partial charge in [0.2, 0.25) is 0 Å². The largest absolute Gasteiger partial charge is 0.477 e. The van der Waals surface area contributed by atoms with E-state index in [1.165, 1.54) is 6.07 Å². The number of carbonyl (C=O) groups is 2. The molecule has 3 N–H and O–H groups in total. The highest BCUT2D eigenvalue weighted by atomic mass is 79.9. The Hall–Kier alpha value is -2.22. The van der Waals surface area contributed by atoms with Crippen molar-refractivity contribution in [1.29, 1.82) is 0 Å². The van der Waals surface area contributed by atoms with E-state index in [-0.39, 0.29) is 15.9 Å². The van der Waals surface area contributed by atoms with Gasteiger partial charge in [0.25, 0.3) is 5.91 Å². The van der Waals surface area contributed by atoms with Crippen LogP contribution in [-0.2, 0) is 0 Å². The van der Waals surface area contributed by atoms with E-state index in [2.05, 4.69) is 26.2 Å². The number of amides is 1. The quantitative estimate of drug-likeness (QED) is 0.786. The summed E-state index contributed by atoms with van der Waals surface area (Å²) in [5.74, 6) is -4.47. The maximum absolute atomic E-state index is 13.7. The second-order valence-corrected chi connectivity index (χ2v) is 5.16. The van der Waals surface area contributed by atoms with Crippen LogP contribution < -0.4 is 5.32 Å². The van der Waals surface area contributed by atoms with Crippen LogP contribution in [0.3, 0.4) is 0 Å². The molecule has 0 unspecified atom stereocenters. The van der Waals surface area contributed by atoms with E-state index < -0.39 is 29.1 Å². The molecule has 110 valence electrons. The van der Waals surface area contributed by atoms with E-state index >= 15 is 0 Å². The molecular formula is C13H9BrF2N2O3. The topological polar surface area (TPSA) is 82.2 Å². The van der Waals surface area contributed by atoms with Crippen molar-refractivity contribution in [3.63, 3.8) is 0 Å². The minimum Gasteiger partial charge on any atom is -0.477 e. The highest BCUT2D eigenvalue weighted by molar-refractivity contribution is 9.10. The molecule has 1 aromatic carbocycles. The number of carbonyl (C=O) groups excluding carboxylic acids is 1. The summed E-state index contributed by atoms with van der Waals surface area (Å²) in [5.41, 5.74) is -0.627. The third kappa shape index (κ3) is 3.10. The second kappa shape index (κ2) is 5.65. The van der Waals surface area contributed by atoms with Crippen LogP contribution in [0.25, 0.3) is 0 Å². The summed E-state index contributed by atoms with van der Waals surface area (Å²) in [4.78, 5) is 25.5. The minimum atomic E-state index is -1.30. The zero-order valence-corrected chi connectivity index (χ0v) is 12.2. The van der Waals surface area contributed by atoms with Crippen molar-refractivity contribution < 1.29 is 23.5 Å². The number of aromatic carboxylic acids is 1. The lowest BCUT2D eigenvalue weighted by Gasteiger charge is -2.07. The third-order valence-corrected chi connectivity index (χ3v) is 3.11. The number of carboxylic acid groups (broad SMARTS) is 1. The zero-order chi connectivity index (χ0) is 15.7. The predicted octanol–water partition coefficient (Wildman–Crippen LogP) is 3.31. The van der Waals surface area contributed by atoms with Crippen LogP contribution in [-0.4, -0.2) is 22.0 Å². The fraction of sp³-hybridized carbons (Fsp3) is 0.0769. The molecule has 0 saturated carbocycles. The summed E-state index contributed by atoms with van der Waals surface area (Å²) in [7, 11) is 0. The van der Waals surface area contributed by atoms with E-state index in [9.17, 15) is 18.4 Å². The Balaban J connectivity index is 2.37. The Morgan fingerprint density at radius 3 is 2.33 bits per heavy atom. The van der Waals surface area contributed by atoms with Crippen LogP contribution in [0.15, 0.2) is 22.7 Å². The average molecular weight is 359 g/mol. The number of aromatic nitrogens is 1. The normalized spacial score (nSPS) is 10.5. The van der Waals surface area contributed by atoms with Gasteiger partial charge in [-0.15, -0.1) is 0 Å². The van der Waals surface area contributed by atoms with Crippen LogP contribution in [0, 0.1) is 18.6 Å². The van der Waals surface area contributed by atoms with Gasteiger partial charge in [-0.05, 0) is 25.1 Å². The third-order valence-electron chi connectivity index (χ3n) is 2.65. The first-order valence-electron chi connectivity index (χ1n) is 5.68. The van der Waals surface area contributed by atoms with Gasteiger partial charge in [0.15, 0.2) is 0 Å². The van der Waals surface area contributed by atoms with Gasteiger partial charge in [0, 0.05) is 10.2 Å². The zero-order valence-electron chi connectivity index (χ0n) is 10.6. The monoisotopic (exact) mass is 358 g/mol. The Morgan fingerprint density at radius 2 is 1.81 bits per heavy atom. The van der Waals surface area contributed by atoms with E-state index in [1.54, 1.807) is 6.92 Å². The predicted molar refractivity (Wildman–Crippen MR) is 74.5 cm³/mol. The summed E-state index contributed by atoms with van der Waals surface area (Å²) in [6.45, 7) is 1.59. The molecule has 0 spiro atoms. The van der Waals surface area contributed by atoms with Crippen molar-refractivity contribution in [1.82, 2.24) is 4.98 Å². The molecule has 1 amide bonds. The van der Waals surface area contributed by atoms with Gasteiger partial charge in [-0.2, -0.15) is 0 Å². The number of anilines is 1. The summed E-state index contributed by atoms with van der Waals surface area (Å²) in [6.07, 6.45) is 0. The lowest BCUT2D eigenvalue weighted by Crippen LogP contribution is -2.17. The summed E-state index contributed by atoms with van der Waals surface area (Å²) < 4.78 is 27.5. The molecule has 2 rings (SSSR count). The maximum Gasteiger partial charge on any atom is 0.354 e. The number of rotatable bonds is 3. The van der Waals surface area contributed by atoms with Gasteiger partial charge in [0.1, 0.15) is 22.9 Å². The Kier molecular flexibility index (Phi) is 4.08. The van der Waals surface area contributed by atoms with Gasteiger partial charge in [-0.25, -0.2) is 13.6 Å². The number of hydrogen-bond donors (Lipinski definition) is 3. The van der Waals surface area contributed by atoms with Gasteiger partial charge < -0.3 is 15.4 Å². The number of carboxylic acids is 1. The smallest absolute Gasteiger partial charge is 0.354 e. The molecule has 1 aromatic heterocycles. The molecule has 1 heterocycles. The molecule has 0 atom stereocenters. The van der Waals surface area contributed by atoms with Crippen molar-refractivity contribution in [3.8, 4) is 0 Å². The molecule has 0 radical (unpaired) electrons. The molecular weight excluding hydrogens is 350 g/mol. The first-order chi connectivity index (χ1) is 9.79. The fourth-order valence-electron chi connectivity index (χ4n) is 1.80. The van der Waals surface area contributed by atoms with Crippen molar-refractivity contribution in [2.45, 2.75) is 6.92 Å². The average Bonchev–Trinajstić information content (AvgIpc) is 2.68. The first-order valence-corrected chi connectivity index (χ1v) is 6.47. The maximum atomic E-state index is 13.7. The number of aryl methyl sites for hydroxylation is 1. The van der Waals surface area contributed by atoms with Crippen LogP contribution >= 0.6 is 15.9 Å². The molecule has 0 aliphatic carbocycles. The second-order valence-electron chi connectivity index (χ2n) is 4.24. The number of benzene rings is 1. The van der Waals surface area contributed by atoms with Crippen molar-refractivity contribution >= 4 is 33.5 Å². The lowest BCUT2D eigenvalue weighted by molar-refractivity contribution is 0.0692. The molecule has 0 aliphatic rings. The van der Waals surface area contributed by atoms with Crippen LogP contribution in [0.5, 0.6) is 0 Å². The highest BCUT2D eigenvalue weighted by Crippen LogP contribution is 2.22. The summed E-state index contributed by atoms with van der Waals surface area (Å²) >= 11 is 2.90. The fourth-order valence-corrected chi connectivity index (χ4v) is 2.20. The van der Waals surface area contributed by atoms with E-state index in [0.717, 1.165) is 12.1 Å². The molecule has 0 fully saturated rings. The Morgan fingerprint density at radius 1 is 1.24 bits per heavy atom. The summed E-state index contributed by atoms with van der Waals surface area (Å²) in [5, 5.41) is 11.2. The number of halogens is 3. The SMILES string of the molecule is Cc1cc(NC(=O)c2c(F)cc(Br)cc2F)c(C(=O)O)[nH]1. The number of H-pyrrole nitrogens is 1. The standard InChI is InChI=1S/C13H9BrF2N2O3/c1-5-2-9(11(17-5)13(20)21)18-12(19)10-7(15)3-6(14)4-8(10)16/h2-4,17H,1H3,(H,18,19)(H,20,21). The van der Waals surface area contributed by atoms with Crippen molar-refractivity contribution in [3.05, 3.63) is 51.3 Å². The number of aromatic amines is 1. The summed E-state index contributed by atoms with van der Waals surface area (Å²) in [6, 6.07) is 3.24. The van der Waals surface area contributed by atoms with Crippen LogP contribution in [0.1, 0.15) is 26.5 Å². The van der Waals surface area contributed by atoms with Crippen molar-refractivity contribution in [2.24, 2.45) is 0 Å². The minimum absolute atomic E-state index is 0.0632. The first kappa shape index (κ1) is 15.2. The lowest BCUT2D eigenvalue weighted by atomic mass is 10.2. The molecule has 0 aliphatic heterocycles. The Labute approximate surface area is 126 Å². The number of hydrogen-bond acceptors (Lipinski definition) is 2. The van der Waals surface area contributed by atoms with Gasteiger partial charge in [-0.1, -0.05) is 15.9 Å². The Bertz CT molecular complexity index is 720. The van der Waals surface area contributed by atoms with E-state index in [0.29, 0.717) is 5.69 Å². The van der Waals surface area contributed by atoms with E-state index in [1.807, 2.05) is 0 Å². The van der Waals surface area contributed by atoms with Crippen LogP contribution in [0.2, 0.25) is 0 Å². The number of nitrogens with one attached hydrogen (secondary N) is 2. The molecule has 0 bridgehead atoms. The molecule has 21 heavy (non-hydrogen) atoms. The highest BCUT2D eigenvalue weighted by Gasteiger charge is 2.21. The van der Waals surface area contributed by atoms with E-state index in [4.69, 9.17) is 5.11 Å². The molecule has 0 saturated heterocycles. The van der Waals surface area contributed by atoms with Gasteiger partial charge >= 0.3 is 5.97 Å². The van der Waals surface area contributed by atoms with Gasteiger partial charge in [-0.3, -0.25) is 4.79 Å². The molecule has 2 aromatic rings. The van der Waals surface area contributed by atoms with Crippen molar-refractivity contribution in [2.75, 3.05) is 5.32 Å². The van der Waals surface area contributed by atoms with Gasteiger partial charge in [0.05, 0.1) is 5.69 Å².